The number of rotatable bonds is 6. The maximum absolute atomic E-state index is 13.6. The summed E-state index contributed by atoms with van der Waals surface area (Å²) < 4.78 is 41.4. The molecule has 0 spiro atoms. The number of nitrogens with one attached hydrogen (secondary N) is 2. The van der Waals surface area contributed by atoms with Crippen molar-refractivity contribution < 1.29 is 12.8 Å². The average molecular weight is 430 g/mol. The van der Waals surface area contributed by atoms with Gasteiger partial charge in [-0.15, -0.1) is 0 Å². The summed E-state index contributed by atoms with van der Waals surface area (Å²) in [5.41, 5.74) is 8.44. The highest BCUT2D eigenvalue weighted by Crippen LogP contribution is 2.31. The Morgan fingerprint density at radius 3 is 2.67 bits per heavy atom. The Bertz CT molecular complexity index is 1080. The van der Waals surface area contributed by atoms with Gasteiger partial charge in [0.1, 0.15) is 11.6 Å². The second-order valence-corrected chi connectivity index (χ2v) is 8.84. The molecule has 1 aromatic heterocycles. The van der Waals surface area contributed by atoms with Crippen LogP contribution in [0.3, 0.4) is 0 Å². The summed E-state index contributed by atoms with van der Waals surface area (Å²) in [5.74, 6) is 0. The lowest BCUT2D eigenvalue weighted by molar-refractivity contribution is 0.404. The molecule has 5 nitrogen and oxygen atoms in total. The maximum Gasteiger partial charge on any atom is 0.244 e. The molecule has 0 fully saturated rings. The molecule has 3 rings (SSSR count). The van der Waals surface area contributed by atoms with Crippen LogP contribution in [-0.4, -0.2) is 26.1 Å². The molecule has 2 aromatic carbocycles. The van der Waals surface area contributed by atoms with Crippen LogP contribution in [0.25, 0.3) is 10.9 Å². The summed E-state index contributed by atoms with van der Waals surface area (Å²) in [6.07, 6.45) is 1.93. The Labute approximate surface area is 166 Å². The lowest BCUT2D eigenvalue weighted by Crippen LogP contribution is -2.38. The minimum Gasteiger partial charge on any atom is -0.398 e. The van der Waals surface area contributed by atoms with E-state index in [0.717, 1.165) is 22.0 Å². The molecule has 27 heavy (non-hydrogen) atoms. The highest BCUT2D eigenvalue weighted by Gasteiger charge is 2.26. The number of alkyl halides is 1. The maximum atomic E-state index is 13.6. The number of aromatic nitrogens is 1. The fraction of sp³-hybridized carbons (Fsp3) is 0.222. The van der Waals surface area contributed by atoms with E-state index in [1.165, 1.54) is 12.1 Å². The third kappa shape index (κ3) is 4.21. The van der Waals surface area contributed by atoms with Gasteiger partial charge in [0.2, 0.25) is 10.0 Å². The van der Waals surface area contributed by atoms with Gasteiger partial charge in [-0.2, -0.15) is 0 Å². The van der Waals surface area contributed by atoms with Crippen molar-refractivity contribution in [1.29, 1.82) is 0 Å². The van der Waals surface area contributed by atoms with Crippen LogP contribution >= 0.6 is 23.2 Å². The van der Waals surface area contributed by atoms with Gasteiger partial charge in [-0.05, 0) is 43.2 Å². The Hall–Kier alpha value is -1.80. The van der Waals surface area contributed by atoms with E-state index in [1.54, 1.807) is 6.20 Å². The monoisotopic (exact) mass is 429 g/mol. The SMILES string of the molecule is Cc1ccc2[nH]cc(CC(CF)NS(=O)(=O)c3c(N)cc(Cl)cc3Cl)c2c1. The summed E-state index contributed by atoms with van der Waals surface area (Å²) >= 11 is 11.8. The van der Waals surface area contributed by atoms with Crippen molar-refractivity contribution in [3.05, 3.63) is 57.7 Å². The molecule has 1 atom stereocenters. The Balaban J connectivity index is 1.89. The zero-order valence-electron chi connectivity index (χ0n) is 14.4. The van der Waals surface area contributed by atoms with E-state index in [0.29, 0.717) is 0 Å². The van der Waals surface area contributed by atoms with Crippen LogP contribution in [0.5, 0.6) is 0 Å². The van der Waals surface area contributed by atoms with Crippen molar-refractivity contribution >= 4 is 49.8 Å². The second-order valence-electron chi connectivity index (χ2n) is 6.35. The number of hydrogen-bond donors (Lipinski definition) is 3. The normalized spacial score (nSPS) is 13.2. The van der Waals surface area contributed by atoms with Crippen molar-refractivity contribution in [2.45, 2.75) is 24.3 Å². The molecule has 0 aliphatic rings. The number of H-pyrrole nitrogens is 1. The first-order valence-electron chi connectivity index (χ1n) is 8.10. The van der Waals surface area contributed by atoms with Gasteiger partial charge in [0.05, 0.1) is 16.8 Å². The molecule has 144 valence electrons. The molecule has 1 unspecified atom stereocenters. The quantitative estimate of drug-likeness (QED) is 0.512. The predicted octanol–water partition coefficient (Wildman–Crippen LogP) is 4.22. The molecule has 1 heterocycles. The minimum absolute atomic E-state index is 0.0969. The summed E-state index contributed by atoms with van der Waals surface area (Å²) in [6, 6.07) is 7.45. The number of hydrogen-bond acceptors (Lipinski definition) is 3. The third-order valence-corrected chi connectivity index (χ3v) is 6.47. The lowest BCUT2D eigenvalue weighted by atomic mass is 10.0. The second kappa shape index (κ2) is 7.67. The molecular weight excluding hydrogens is 412 g/mol. The van der Waals surface area contributed by atoms with E-state index in [1.807, 2.05) is 25.1 Å². The number of fused-ring (bicyclic) bond motifs is 1. The number of nitrogen functional groups attached to an aromatic ring is 1. The van der Waals surface area contributed by atoms with Crippen molar-refractivity contribution in [3.8, 4) is 0 Å². The van der Waals surface area contributed by atoms with Crippen LogP contribution < -0.4 is 10.5 Å². The van der Waals surface area contributed by atoms with E-state index >= 15 is 0 Å². The summed E-state index contributed by atoms with van der Waals surface area (Å²) in [7, 11) is -4.13. The Morgan fingerprint density at radius 1 is 1.26 bits per heavy atom. The molecule has 0 bridgehead atoms. The first-order chi connectivity index (χ1) is 12.7. The highest BCUT2D eigenvalue weighted by molar-refractivity contribution is 7.89. The van der Waals surface area contributed by atoms with Crippen LogP contribution in [0.4, 0.5) is 10.1 Å². The van der Waals surface area contributed by atoms with Gasteiger partial charge in [0.25, 0.3) is 0 Å². The Morgan fingerprint density at radius 2 is 2.00 bits per heavy atom. The highest BCUT2D eigenvalue weighted by atomic mass is 35.5. The van der Waals surface area contributed by atoms with Gasteiger partial charge in [0.15, 0.2) is 0 Å². The molecule has 0 radical (unpaired) electrons. The number of aryl methyl sites for hydroxylation is 1. The van der Waals surface area contributed by atoms with Gasteiger partial charge < -0.3 is 10.7 Å². The van der Waals surface area contributed by atoms with Crippen LogP contribution in [-0.2, 0) is 16.4 Å². The van der Waals surface area contributed by atoms with E-state index in [-0.39, 0.29) is 27.0 Å². The van der Waals surface area contributed by atoms with Crippen molar-refractivity contribution in [1.82, 2.24) is 9.71 Å². The predicted molar refractivity (Wildman–Crippen MR) is 108 cm³/mol. The first-order valence-corrected chi connectivity index (χ1v) is 10.3. The smallest absolute Gasteiger partial charge is 0.244 e. The van der Waals surface area contributed by atoms with Crippen LogP contribution in [0, 0.1) is 6.92 Å². The first kappa shape index (κ1) is 19.9. The van der Waals surface area contributed by atoms with Crippen LogP contribution in [0.15, 0.2) is 41.4 Å². The summed E-state index contributed by atoms with van der Waals surface area (Å²) in [6.45, 7) is 1.07. The zero-order chi connectivity index (χ0) is 19.8. The fourth-order valence-corrected chi connectivity index (χ4v) is 5.20. The zero-order valence-corrected chi connectivity index (χ0v) is 16.7. The number of benzene rings is 2. The van der Waals surface area contributed by atoms with E-state index < -0.39 is 22.7 Å². The number of anilines is 1. The summed E-state index contributed by atoms with van der Waals surface area (Å²) in [4.78, 5) is 2.80. The topological polar surface area (TPSA) is 88.0 Å². The van der Waals surface area contributed by atoms with E-state index in [9.17, 15) is 12.8 Å². The standard InChI is InChI=1S/C18H18Cl2FN3O2S/c1-10-2-3-17-14(4-10)11(9-23-17)5-13(8-21)24-27(25,26)18-15(20)6-12(19)7-16(18)22/h2-4,6-7,9,13,23-24H,5,8,22H2,1H3. The van der Waals surface area contributed by atoms with Crippen LogP contribution in [0.2, 0.25) is 10.0 Å². The van der Waals surface area contributed by atoms with Gasteiger partial charge >= 0.3 is 0 Å². The van der Waals surface area contributed by atoms with Crippen molar-refractivity contribution in [2.24, 2.45) is 0 Å². The lowest BCUT2D eigenvalue weighted by Gasteiger charge is -2.17. The molecule has 0 amide bonds. The third-order valence-electron chi connectivity index (χ3n) is 4.20. The summed E-state index contributed by atoms with van der Waals surface area (Å²) in [5, 5.41) is 1.03. The molecule has 0 aliphatic carbocycles. The molecule has 9 heteroatoms. The molecule has 4 N–H and O–H groups in total. The van der Waals surface area contributed by atoms with Gasteiger partial charge in [-0.3, -0.25) is 0 Å². The number of aromatic amines is 1. The molecule has 0 saturated carbocycles. The van der Waals surface area contributed by atoms with Crippen molar-refractivity contribution in [3.63, 3.8) is 0 Å². The number of nitrogens with two attached hydrogens (primary N) is 1. The Kier molecular flexibility index (Phi) is 5.67. The van der Waals surface area contributed by atoms with Gasteiger partial charge in [0, 0.05) is 22.1 Å². The molecular formula is C18H18Cl2FN3O2S. The van der Waals surface area contributed by atoms with Gasteiger partial charge in [-0.25, -0.2) is 17.5 Å². The number of sulfonamides is 1. The number of halogens is 3. The average Bonchev–Trinajstić information content (AvgIpc) is 2.94. The van der Waals surface area contributed by atoms with E-state index in [2.05, 4.69) is 9.71 Å². The molecule has 3 aromatic rings. The van der Waals surface area contributed by atoms with E-state index in [4.69, 9.17) is 28.9 Å². The van der Waals surface area contributed by atoms with Crippen LogP contribution in [0.1, 0.15) is 11.1 Å². The van der Waals surface area contributed by atoms with Crippen molar-refractivity contribution in [2.75, 3.05) is 12.4 Å². The van der Waals surface area contributed by atoms with Gasteiger partial charge in [-0.1, -0.05) is 34.8 Å². The fourth-order valence-electron chi connectivity index (χ4n) is 3.00. The minimum atomic E-state index is -4.13. The largest absolute Gasteiger partial charge is 0.398 e. The molecule has 0 aliphatic heterocycles. The molecule has 0 saturated heterocycles.